The van der Waals surface area contributed by atoms with E-state index < -0.39 is 0 Å². The number of para-hydroxylation sites is 1. The molecule has 1 N–H and O–H groups in total. The second-order valence-corrected chi connectivity index (χ2v) is 12.4. The number of hydrogen-bond acceptors (Lipinski definition) is 1. The number of anilines is 2. The molecule has 0 aliphatic rings. The van der Waals surface area contributed by atoms with Crippen LogP contribution in [0, 0.1) is 0 Å². The summed E-state index contributed by atoms with van der Waals surface area (Å²) in [6.45, 7) is 6.91. The predicted octanol–water partition coefficient (Wildman–Crippen LogP) is 13.3. The quantitative estimate of drug-likeness (QED) is 0.115. The van der Waals surface area contributed by atoms with Crippen molar-refractivity contribution in [1.82, 2.24) is 0 Å². The van der Waals surface area contributed by atoms with E-state index in [1.807, 2.05) is 0 Å². The Morgan fingerprint density at radius 1 is 0.425 bits per heavy atom. The van der Waals surface area contributed by atoms with Gasteiger partial charge in [0.05, 0.1) is 0 Å². The van der Waals surface area contributed by atoms with Gasteiger partial charge in [0, 0.05) is 11.4 Å². The zero-order valence-corrected chi connectivity index (χ0v) is 27.0. The van der Waals surface area contributed by atoms with Crippen LogP contribution in [-0.4, -0.2) is 0 Å². The maximum absolute atomic E-state index is 3.94. The highest BCUT2D eigenvalue weighted by Gasteiger charge is 2.10. The minimum Gasteiger partial charge on any atom is -0.355 e. The lowest BCUT2D eigenvalue weighted by Crippen LogP contribution is -2.02. The van der Waals surface area contributed by atoms with Gasteiger partial charge >= 0.3 is 0 Å². The van der Waals surface area contributed by atoms with Crippen molar-refractivity contribution in [3.63, 3.8) is 0 Å². The van der Waals surface area contributed by atoms with Crippen molar-refractivity contribution in [2.24, 2.45) is 0 Å². The van der Waals surface area contributed by atoms with E-state index in [0.29, 0.717) is 0 Å². The summed E-state index contributed by atoms with van der Waals surface area (Å²) in [4.78, 5) is 0. The molecule has 1 heteroatoms. The molecule has 0 aliphatic heterocycles. The Morgan fingerprint density at radius 2 is 0.825 bits per heavy atom. The van der Waals surface area contributed by atoms with Gasteiger partial charge in [-0.3, -0.25) is 0 Å². The van der Waals surface area contributed by atoms with Crippen LogP contribution in [0.25, 0.3) is 0 Å². The van der Waals surface area contributed by atoms with Gasteiger partial charge < -0.3 is 5.32 Å². The average Bonchev–Trinajstić information content (AvgIpc) is 2.97. The van der Waals surface area contributed by atoms with Crippen LogP contribution in [-0.2, 0) is 19.3 Å². The third kappa shape index (κ3) is 15.9. The first-order chi connectivity index (χ1) is 19.8. The predicted molar refractivity (Wildman–Crippen MR) is 181 cm³/mol. The topological polar surface area (TPSA) is 12.0 Å². The lowest BCUT2D eigenvalue weighted by atomic mass is 9.96. The van der Waals surface area contributed by atoms with Crippen LogP contribution in [0.5, 0.6) is 0 Å². The third-order valence-corrected chi connectivity index (χ3v) is 8.60. The van der Waals surface area contributed by atoms with E-state index in [4.69, 9.17) is 0 Å². The summed E-state index contributed by atoms with van der Waals surface area (Å²) in [5, 5.41) is 3.94. The monoisotopic (exact) mass is 548 g/mol. The molecule has 0 spiro atoms. The summed E-state index contributed by atoms with van der Waals surface area (Å²) in [6.07, 6.45) is 32.4. The number of rotatable bonds is 26. The largest absolute Gasteiger partial charge is 0.355 e. The number of aryl methyl sites for hydroxylation is 3. The smallest absolute Gasteiger partial charge is 0.0449 e. The fraction of sp³-hybridized carbons (Fsp3) is 0.692. The van der Waals surface area contributed by atoms with E-state index in [-0.39, 0.29) is 0 Å². The lowest BCUT2D eigenvalue weighted by Gasteiger charge is -2.18. The van der Waals surface area contributed by atoms with E-state index in [1.54, 1.807) is 0 Å². The molecule has 0 saturated heterocycles. The van der Waals surface area contributed by atoms with Crippen molar-refractivity contribution in [3.8, 4) is 0 Å². The van der Waals surface area contributed by atoms with E-state index in [2.05, 4.69) is 68.6 Å². The van der Waals surface area contributed by atoms with Gasteiger partial charge in [-0.1, -0.05) is 167 Å². The molecule has 0 fully saturated rings. The van der Waals surface area contributed by atoms with Gasteiger partial charge in [-0.25, -0.2) is 0 Å². The van der Waals surface area contributed by atoms with Crippen LogP contribution < -0.4 is 5.32 Å². The second kappa shape index (κ2) is 23.9. The molecule has 2 aromatic carbocycles. The molecule has 0 radical (unpaired) electrons. The summed E-state index contributed by atoms with van der Waals surface area (Å²) in [6, 6.07) is 16.4. The summed E-state index contributed by atoms with van der Waals surface area (Å²) >= 11 is 0. The number of unbranched alkanes of at least 4 members (excludes halogenated alkanes) is 18. The Kier molecular flexibility index (Phi) is 20.6. The molecule has 0 aromatic heterocycles. The zero-order valence-electron chi connectivity index (χ0n) is 27.0. The van der Waals surface area contributed by atoms with Crippen LogP contribution in [0.1, 0.15) is 172 Å². The van der Waals surface area contributed by atoms with E-state index in [1.165, 1.54) is 182 Å². The van der Waals surface area contributed by atoms with Gasteiger partial charge in [-0.05, 0) is 67.3 Å². The first kappa shape index (κ1) is 34.4. The number of benzene rings is 2. The third-order valence-electron chi connectivity index (χ3n) is 8.60. The number of hydrogen-bond donors (Lipinski definition) is 1. The molecule has 0 bridgehead atoms. The molecule has 2 aromatic rings. The van der Waals surface area contributed by atoms with E-state index >= 15 is 0 Å². The highest BCUT2D eigenvalue weighted by Crippen LogP contribution is 2.29. The van der Waals surface area contributed by atoms with Crippen LogP contribution in [0.3, 0.4) is 0 Å². The molecule has 0 heterocycles. The van der Waals surface area contributed by atoms with Gasteiger partial charge in [0.2, 0.25) is 0 Å². The van der Waals surface area contributed by atoms with Gasteiger partial charge in [0.15, 0.2) is 0 Å². The average molecular weight is 548 g/mol. The zero-order chi connectivity index (χ0) is 28.5. The molecule has 2 rings (SSSR count). The van der Waals surface area contributed by atoms with Gasteiger partial charge in [-0.2, -0.15) is 0 Å². The summed E-state index contributed by atoms with van der Waals surface area (Å²) < 4.78 is 0. The van der Waals surface area contributed by atoms with Crippen LogP contribution >= 0.6 is 0 Å². The van der Waals surface area contributed by atoms with Crippen LogP contribution in [0.2, 0.25) is 0 Å². The maximum atomic E-state index is 3.94. The molecular formula is C39H65N. The van der Waals surface area contributed by atoms with Crippen molar-refractivity contribution in [1.29, 1.82) is 0 Å². The second-order valence-electron chi connectivity index (χ2n) is 12.4. The van der Waals surface area contributed by atoms with E-state index in [9.17, 15) is 0 Å². The standard InChI is InChI=1S/C39H65N/c1-4-7-10-13-16-19-22-27-35-28-25-33-38(34-35)40-39-36(29-23-20-17-14-11-8-5-2)31-26-32-37(39)30-24-21-18-15-12-9-6-3/h25-26,28,31-34,40H,4-24,27,29-30H2,1-3H3. The minimum absolute atomic E-state index is 1.19. The molecule has 0 unspecified atom stereocenters. The first-order valence-corrected chi connectivity index (χ1v) is 17.7. The van der Waals surface area contributed by atoms with E-state index in [0.717, 1.165) is 0 Å². The van der Waals surface area contributed by atoms with Crippen molar-refractivity contribution < 1.29 is 0 Å². The Balaban J connectivity index is 1.97. The molecule has 1 nitrogen and oxygen atoms in total. The van der Waals surface area contributed by atoms with Gasteiger partial charge in [-0.15, -0.1) is 0 Å². The van der Waals surface area contributed by atoms with Crippen molar-refractivity contribution in [3.05, 3.63) is 59.2 Å². The Hall–Kier alpha value is -1.76. The molecule has 226 valence electrons. The fourth-order valence-electron chi connectivity index (χ4n) is 6.01. The minimum atomic E-state index is 1.19. The molecule has 40 heavy (non-hydrogen) atoms. The summed E-state index contributed by atoms with van der Waals surface area (Å²) in [5.41, 5.74) is 7.20. The molecule has 0 aliphatic carbocycles. The Morgan fingerprint density at radius 3 is 1.30 bits per heavy atom. The van der Waals surface area contributed by atoms with Crippen molar-refractivity contribution in [2.45, 2.75) is 175 Å². The number of nitrogens with one attached hydrogen (secondary N) is 1. The Bertz CT molecular complexity index is 817. The van der Waals surface area contributed by atoms with Crippen molar-refractivity contribution in [2.75, 3.05) is 5.32 Å². The fourth-order valence-corrected chi connectivity index (χ4v) is 6.01. The SMILES string of the molecule is CCCCCCCCCc1cccc(Nc2c(CCCCCCCCC)cccc2CCCCCCCCC)c1. The summed E-state index contributed by atoms with van der Waals surface area (Å²) in [7, 11) is 0. The van der Waals surface area contributed by atoms with Crippen molar-refractivity contribution >= 4 is 11.4 Å². The summed E-state index contributed by atoms with van der Waals surface area (Å²) in [5.74, 6) is 0. The van der Waals surface area contributed by atoms with Gasteiger partial charge in [0.25, 0.3) is 0 Å². The maximum Gasteiger partial charge on any atom is 0.0449 e. The molecular weight excluding hydrogens is 482 g/mol. The highest BCUT2D eigenvalue weighted by atomic mass is 14.9. The normalized spacial score (nSPS) is 11.3. The molecule has 0 atom stereocenters. The highest BCUT2D eigenvalue weighted by molar-refractivity contribution is 5.67. The molecule has 0 amide bonds. The lowest BCUT2D eigenvalue weighted by molar-refractivity contribution is 0.587. The van der Waals surface area contributed by atoms with Crippen LogP contribution in [0.4, 0.5) is 11.4 Å². The van der Waals surface area contributed by atoms with Crippen LogP contribution in [0.15, 0.2) is 42.5 Å². The van der Waals surface area contributed by atoms with Gasteiger partial charge in [0.1, 0.15) is 0 Å². The molecule has 0 saturated carbocycles. The Labute approximate surface area is 250 Å². The first-order valence-electron chi connectivity index (χ1n) is 17.7.